The number of fused-ring (bicyclic) bond motifs is 1. The average molecular weight is 458 g/mol. The minimum Gasteiger partial charge on any atom is -0.206 e. The maximum Gasteiger partial charge on any atom is 0.194 e. The van der Waals surface area contributed by atoms with Crippen molar-refractivity contribution in [3.8, 4) is 11.1 Å². The van der Waals surface area contributed by atoms with Crippen LogP contribution in [0.15, 0.2) is 54.6 Å². The molecular weight excluding hydrogens is 438 g/mol. The Hall–Kier alpha value is -3.28. The van der Waals surface area contributed by atoms with Crippen LogP contribution < -0.4 is 0 Å². The summed E-state index contributed by atoms with van der Waals surface area (Å²) in [4.78, 5) is 0. The molecule has 6 heteroatoms. The molecule has 0 heterocycles. The Morgan fingerprint density at radius 1 is 0.576 bits per heavy atom. The minimum atomic E-state index is -1.50. The quantitative estimate of drug-likeness (QED) is 0.202. The number of hydrogen-bond acceptors (Lipinski definition) is 0. The number of benzene rings is 4. The van der Waals surface area contributed by atoms with Gasteiger partial charge in [-0.3, -0.25) is 0 Å². The molecule has 0 atom stereocenters. The molecule has 0 N–H and O–H groups in total. The summed E-state index contributed by atoms with van der Waals surface area (Å²) in [5.74, 6) is -7.03. The third kappa shape index (κ3) is 4.47. The molecule has 0 saturated carbocycles. The number of hydrogen-bond donors (Lipinski definition) is 0. The van der Waals surface area contributed by atoms with Crippen LogP contribution in [-0.4, -0.2) is 0 Å². The molecule has 0 fully saturated rings. The van der Waals surface area contributed by atoms with E-state index in [0.717, 1.165) is 17.7 Å². The maximum absolute atomic E-state index is 15.2. The summed E-state index contributed by atoms with van der Waals surface area (Å²) < 4.78 is 84.0. The lowest BCUT2D eigenvalue weighted by molar-refractivity contribution is 0.445. The monoisotopic (exact) mass is 458 g/mol. The van der Waals surface area contributed by atoms with Crippen LogP contribution in [0.25, 0.3) is 21.9 Å². The lowest BCUT2D eigenvalue weighted by Gasteiger charge is -2.11. The van der Waals surface area contributed by atoms with Crippen LogP contribution in [0.1, 0.15) is 30.0 Å². The van der Waals surface area contributed by atoms with E-state index in [0.29, 0.717) is 35.8 Å². The normalized spacial score (nSPS) is 11.4. The zero-order chi connectivity index (χ0) is 23.7. The summed E-state index contributed by atoms with van der Waals surface area (Å²) in [6, 6.07) is 13.2. The predicted molar refractivity (Wildman–Crippen MR) is 117 cm³/mol. The molecule has 0 aliphatic rings. The molecule has 0 spiro atoms. The number of aryl methyl sites for hydroxylation is 3. The zero-order valence-corrected chi connectivity index (χ0v) is 17.8. The molecule has 0 nitrogen and oxygen atoms in total. The Morgan fingerprint density at radius 3 is 1.85 bits per heavy atom. The summed E-state index contributed by atoms with van der Waals surface area (Å²) in [6.45, 7) is 1.85. The van der Waals surface area contributed by atoms with Gasteiger partial charge in [-0.05, 0) is 65.1 Å². The van der Waals surface area contributed by atoms with Crippen LogP contribution in [0.3, 0.4) is 0 Å². The minimum absolute atomic E-state index is 0.137. The molecule has 0 unspecified atom stereocenters. The largest absolute Gasteiger partial charge is 0.206 e. The number of halogens is 6. The van der Waals surface area contributed by atoms with Gasteiger partial charge in [-0.1, -0.05) is 49.7 Å². The van der Waals surface area contributed by atoms with Crippen LogP contribution in [0.5, 0.6) is 0 Å². The van der Waals surface area contributed by atoms with Gasteiger partial charge in [0, 0.05) is 5.56 Å². The van der Waals surface area contributed by atoms with Crippen molar-refractivity contribution >= 4 is 10.8 Å². The highest BCUT2D eigenvalue weighted by Gasteiger charge is 2.19. The van der Waals surface area contributed by atoms with Gasteiger partial charge in [0.25, 0.3) is 0 Å². The van der Waals surface area contributed by atoms with Gasteiger partial charge in [-0.2, -0.15) is 0 Å². The fraction of sp³-hybridized carbons (Fsp3) is 0.185. The Morgan fingerprint density at radius 2 is 1.21 bits per heavy atom. The van der Waals surface area contributed by atoms with Crippen molar-refractivity contribution < 1.29 is 26.3 Å². The predicted octanol–water partition coefficient (Wildman–Crippen LogP) is 8.08. The van der Waals surface area contributed by atoms with Crippen molar-refractivity contribution in [1.82, 2.24) is 0 Å². The molecule has 4 rings (SSSR count). The van der Waals surface area contributed by atoms with Crippen molar-refractivity contribution in [3.63, 3.8) is 0 Å². The highest BCUT2D eigenvalue weighted by molar-refractivity contribution is 5.89. The van der Waals surface area contributed by atoms with E-state index in [2.05, 4.69) is 0 Å². The van der Waals surface area contributed by atoms with Gasteiger partial charge in [0.1, 0.15) is 5.82 Å². The van der Waals surface area contributed by atoms with Crippen LogP contribution >= 0.6 is 0 Å². The molecule has 170 valence electrons. The van der Waals surface area contributed by atoms with E-state index in [-0.39, 0.29) is 22.9 Å². The molecule has 0 aromatic heterocycles. The summed E-state index contributed by atoms with van der Waals surface area (Å²) in [5, 5.41) is -0.0803. The first-order chi connectivity index (χ1) is 15.8. The molecule has 0 saturated heterocycles. The van der Waals surface area contributed by atoms with Crippen molar-refractivity contribution in [3.05, 3.63) is 106 Å². The van der Waals surface area contributed by atoms with Crippen LogP contribution in [-0.2, 0) is 19.3 Å². The Labute approximate surface area is 187 Å². The lowest BCUT2D eigenvalue weighted by atomic mass is 9.96. The van der Waals surface area contributed by atoms with Crippen molar-refractivity contribution in [2.24, 2.45) is 0 Å². The molecule has 4 aromatic rings. The molecule has 0 bridgehead atoms. The van der Waals surface area contributed by atoms with Gasteiger partial charge in [-0.25, -0.2) is 26.3 Å². The highest BCUT2D eigenvalue weighted by Crippen LogP contribution is 2.33. The van der Waals surface area contributed by atoms with E-state index in [1.54, 1.807) is 30.3 Å². The van der Waals surface area contributed by atoms with Gasteiger partial charge in [0.2, 0.25) is 0 Å². The number of rotatable bonds is 6. The first kappa shape index (κ1) is 22.9. The van der Waals surface area contributed by atoms with Crippen molar-refractivity contribution in [2.45, 2.75) is 32.6 Å². The molecular formula is C27H20F6. The summed E-state index contributed by atoms with van der Waals surface area (Å²) in [5.41, 5.74) is 1.97. The topological polar surface area (TPSA) is 0 Å². The summed E-state index contributed by atoms with van der Waals surface area (Å²) in [7, 11) is 0. The molecule has 4 aromatic carbocycles. The van der Waals surface area contributed by atoms with Crippen LogP contribution in [0, 0.1) is 34.9 Å². The Balaban J connectivity index is 1.60. The van der Waals surface area contributed by atoms with E-state index in [1.165, 1.54) is 12.1 Å². The molecule has 33 heavy (non-hydrogen) atoms. The first-order valence-corrected chi connectivity index (χ1v) is 10.6. The van der Waals surface area contributed by atoms with E-state index < -0.39 is 34.9 Å². The van der Waals surface area contributed by atoms with E-state index in [9.17, 15) is 22.0 Å². The van der Waals surface area contributed by atoms with Gasteiger partial charge in [0.05, 0.1) is 5.39 Å². The van der Waals surface area contributed by atoms with E-state index in [1.807, 2.05) is 6.92 Å². The Kier molecular flexibility index (Phi) is 6.45. The standard InChI is InChI=1S/C27H20F6/c1-2-3-19-14-18-10-11-20(25(31)23(18)27(33)24(19)30)17-8-6-15(7-9-17)4-5-16-12-21(28)26(32)22(29)13-16/h6-14H,2-5H2,1H3. The lowest BCUT2D eigenvalue weighted by Crippen LogP contribution is -1.99. The molecule has 0 amide bonds. The summed E-state index contributed by atoms with van der Waals surface area (Å²) >= 11 is 0. The third-order valence-corrected chi connectivity index (χ3v) is 5.73. The third-order valence-electron chi connectivity index (χ3n) is 5.73. The fourth-order valence-corrected chi connectivity index (χ4v) is 4.00. The smallest absolute Gasteiger partial charge is 0.194 e. The molecule has 0 radical (unpaired) electrons. The van der Waals surface area contributed by atoms with Crippen molar-refractivity contribution in [1.29, 1.82) is 0 Å². The fourth-order valence-electron chi connectivity index (χ4n) is 4.00. The second-order valence-corrected chi connectivity index (χ2v) is 8.01. The molecule has 0 aliphatic carbocycles. The van der Waals surface area contributed by atoms with Gasteiger partial charge in [-0.15, -0.1) is 0 Å². The van der Waals surface area contributed by atoms with E-state index >= 15 is 4.39 Å². The summed E-state index contributed by atoms with van der Waals surface area (Å²) in [6.07, 6.45) is 1.70. The highest BCUT2D eigenvalue weighted by atomic mass is 19.2. The first-order valence-electron chi connectivity index (χ1n) is 10.6. The Bertz CT molecular complexity index is 1300. The van der Waals surface area contributed by atoms with Gasteiger partial charge >= 0.3 is 0 Å². The van der Waals surface area contributed by atoms with E-state index in [4.69, 9.17) is 0 Å². The second kappa shape index (κ2) is 9.30. The van der Waals surface area contributed by atoms with Crippen LogP contribution in [0.2, 0.25) is 0 Å². The van der Waals surface area contributed by atoms with Crippen LogP contribution in [0.4, 0.5) is 26.3 Å². The average Bonchev–Trinajstić information content (AvgIpc) is 2.80. The molecule has 0 aliphatic heterocycles. The zero-order valence-electron chi connectivity index (χ0n) is 17.8. The maximum atomic E-state index is 15.2. The van der Waals surface area contributed by atoms with Crippen molar-refractivity contribution in [2.75, 3.05) is 0 Å². The SMILES string of the molecule is CCCc1cc2ccc(-c3ccc(CCc4cc(F)c(F)c(F)c4)cc3)c(F)c2c(F)c1F. The van der Waals surface area contributed by atoms with Gasteiger partial charge < -0.3 is 0 Å². The van der Waals surface area contributed by atoms with Gasteiger partial charge in [0.15, 0.2) is 29.1 Å². The second-order valence-electron chi connectivity index (χ2n) is 8.01.